The molecule has 8 nitrogen and oxygen atoms in total. The number of carboxylic acids is 1. The summed E-state index contributed by atoms with van der Waals surface area (Å²) in [7, 11) is 3.06. The average molecular weight is 462 g/mol. The number of benzene rings is 3. The molecular weight excluding hydrogens is 434 g/mol. The van der Waals surface area contributed by atoms with Gasteiger partial charge in [0.1, 0.15) is 11.8 Å². The number of hydrogen-bond acceptors (Lipinski definition) is 4. The highest BCUT2D eigenvalue weighted by molar-refractivity contribution is 6.00. The van der Waals surface area contributed by atoms with E-state index in [1.165, 1.54) is 18.9 Å². The Hall–Kier alpha value is -4.33. The van der Waals surface area contributed by atoms with Crippen LogP contribution >= 0.6 is 0 Å². The monoisotopic (exact) mass is 461 g/mol. The Morgan fingerprint density at radius 3 is 2.03 bits per heavy atom. The molecule has 0 radical (unpaired) electrons. The summed E-state index contributed by atoms with van der Waals surface area (Å²) < 4.78 is 5.18. The molecule has 3 rings (SSSR count). The van der Waals surface area contributed by atoms with Crippen molar-refractivity contribution in [2.45, 2.75) is 19.9 Å². The number of hydrogen-bond donors (Lipinski definition) is 3. The lowest BCUT2D eigenvalue weighted by Crippen LogP contribution is -2.40. The van der Waals surface area contributed by atoms with Crippen molar-refractivity contribution in [1.29, 1.82) is 0 Å². The zero-order chi connectivity index (χ0) is 24.8. The quantitative estimate of drug-likeness (QED) is 0.466. The fourth-order valence-corrected chi connectivity index (χ4v) is 3.28. The topological polar surface area (TPSA) is 108 Å². The molecule has 0 aliphatic rings. The standard InChI is InChI=1S/C26H27N3O5/c1-16-15-22(34-4)13-14-23(16)28-26(33)27-21-11-9-19(10-12-21)18-5-7-20(8-6-18)24(30)29(3)17(2)25(31)32/h5-15,17H,1-4H3,(H,31,32)(H2,27,28,33)/t17-/m0/s1. The highest BCUT2D eigenvalue weighted by atomic mass is 16.5. The number of anilines is 2. The molecule has 34 heavy (non-hydrogen) atoms. The number of aryl methyl sites for hydroxylation is 1. The number of likely N-dealkylation sites (N-methyl/N-ethyl adjacent to an activating group) is 1. The van der Waals surface area contributed by atoms with Crippen LogP contribution in [0, 0.1) is 6.92 Å². The van der Waals surface area contributed by atoms with Gasteiger partial charge in [0.05, 0.1) is 7.11 Å². The summed E-state index contributed by atoms with van der Waals surface area (Å²) >= 11 is 0. The largest absolute Gasteiger partial charge is 0.497 e. The second-order valence-electron chi connectivity index (χ2n) is 7.84. The van der Waals surface area contributed by atoms with Gasteiger partial charge in [-0.05, 0) is 73.0 Å². The molecule has 3 N–H and O–H groups in total. The van der Waals surface area contributed by atoms with Crippen molar-refractivity contribution in [3.8, 4) is 16.9 Å². The smallest absolute Gasteiger partial charge is 0.326 e. The lowest BCUT2D eigenvalue weighted by atomic mass is 10.0. The molecular formula is C26H27N3O5. The van der Waals surface area contributed by atoms with Gasteiger partial charge >= 0.3 is 12.0 Å². The Bertz CT molecular complexity index is 1190. The van der Waals surface area contributed by atoms with Gasteiger partial charge in [-0.15, -0.1) is 0 Å². The van der Waals surface area contributed by atoms with Crippen molar-refractivity contribution in [3.05, 3.63) is 77.9 Å². The van der Waals surface area contributed by atoms with E-state index in [9.17, 15) is 14.4 Å². The van der Waals surface area contributed by atoms with Gasteiger partial charge in [0.2, 0.25) is 0 Å². The van der Waals surface area contributed by atoms with Crippen LogP contribution in [0.4, 0.5) is 16.2 Å². The fraction of sp³-hybridized carbons (Fsp3) is 0.192. The number of carbonyl (C=O) groups excluding carboxylic acids is 2. The summed E-state index contributed by atoms with van der Waals surface area (Å²) in [5, 5.41) is 14.7. The highest BCUT2D eigenvalue weighted by Gasteiger charge is 2.22. The first-order valence-corrected chi connectivity index (χ1v) is 10.6. The molecule has 0 saturated heterocycles. The van der Waals surface area contributed by atoms with E-state index in [0.29, 0.717) is 16.9 Å². The van der Waals surface area contributed by atoms with Crippen LogP contribution in [0.1, 0.15) is 22.8 Å². The Morgan fingerprint density at radius 1 is 0.912 bits per heavy atom. The van der Waals surface area contributed by atoms with Gasteiger partial charge in [-0.3, -0.25) is 4.79 Å². The van der Waals surface area contributed by atoms with E-state index >= 15 is 0 Å². The minimum atomic E-state index is -1.06. The third-order valence-corrected chi connectivity index (χ3v) is 5.55. The van der Waals surface area contributed by atoms with E-state index in [1.807, 2.05) is 25.1 Å². The lowest BCUT2D eigenvalue weighted by molar-refractivity contribution is -0.141. The zero-order valence-electron chi connectivity index (χ0n) is 19.5. The Kier molecular flexibility index (Phi) is 7.53. The number of ether oxygens (including phenoxy) is 1. The van der Waals surface area contributed by atoms with Gasteiger partial charge in [0, 0.05) is 24.0 Å². The molecule has 3 aromatic carbocycles. The second-order valence-corrected chi connectivity index (χ2v) is 7.84. The molecule has 3 aromatic rings. The van der Waals surface area contributed by atoms with Crippen LogP contribution < -0.4 is 15.4 Å². The Morgan fingerprint density at radius 2 is 1.50 bits per heavy atom. The van der Waals surface area contributed by atoms with Crippen molar-refractivity contribution in [3.63, 3.8) is 0 Å². The van der Waals surface area contributed by atoms with E-state index < -0.39 is 12.0 Å². The van der Waals surface area contributed by atoms with E-state index in [4.69, 9.17) is 9.84 Å². The summed E-state index contributed by atoms with van der Waals surface area (Å²) in [6, 6.07) is 18.4. The van der Waals surface area contributed by atoms with E-state index in [-0.39, 0.29) is 11.9 Å². The van der Waals surface area contributed by atoms with Crippen molar-refractivity contribution < 1.29 is 24.2 Å². The van der Waals surface area contributed by atoms with Crippen LogP contribution in [-0.2, 0) is 4.79 Å². The predicted molar refractivity (Wildman–Crippen MR) is 131 cm³/mol. The molecule has 0 saturated carbocycles. The Balaban J connectivity index is 1.63. The molecule has 0 fully saturated rings. The minimum absolute atomic E-state index is 0.358. The van der Waals surface area contributed by atoms with E-state index in [0.717, 1.165) is 22.4 Å². The number of urea groups is 1. The maximum Gasteiger partial charge on any atom is 0.326 e. The predicted octanol–water partition coefficient (Wildman–Crippen LogP) is 4.86. The molecule has 3 amide bonds. The first-order chi connectivity index (χ1) is 16.2. The molecule has 8 heteroatoms. The minimum Gasteiger partial charge on any atom is -0.497 e. The van der Waals surface area contributed by atoms with Crippen LogP contribution in [0.2, 0.25) is 0 Å². The van der Waals surface area contributed by atoms with Crippen LogP contribution in [-0.4, -0.2) is 48.1 Å². The molecule has 0 unspecified atom stereocenters. The van der Waals surface area contributed by atoms with Gasteiger partial charge in [0.15, 0.2) is 0 Å². The van der Waals surface area contributed by atoms with Crippen LogP contribution in [0.3, 0.4) is 0 Å². The summed E-state index contributed by atoms with van der Waals surface area (Å²) in [5.41, 5.74) is 4.40. The number of nitrogens with zero attached hydrogens (tertiary/aromatic N) is 1. The SMILES string of the molecule is COc1ccc(NC(=O)Nc2ccc(-c3ccc(C(=O)N(C)[C@@H](C)C(=O)O)cc3)cc2)c(C)c1. The van der Waals surface area contributed by atoms with Crippen molar-refractivity contribution in [2.75, 3.05) is 24.8 Å². The third kappa shape index (κ3) is 5.72. The summed E-state index contributed by atoms with van der Waals surface area (Å²) in [5.74, 6) is -0.702. The molecule has 0 aliphatic carbocycles. The first kappa shape index (κ1) is 24.3. The van der Waals surface area contributed by atoms with Gasteiger partial charge in [-0.25, -0.2) is 9.59 Å². The number of aliphatic carboxylic acids is 1. The summed E-state index contributed by atoms with van der Waals surface area (Å²) in [6.07, 6.45) is 0. The number of rotatable bonds is 7. The van der Waals surface area contributed by atoms with Crippen molar-refractivity contribution in [1.82, 2.24) is 4.90 Å². The number of amides is 3. The normalized spacial score (nSPS) is 11.3. The van der Waals surface area contributed by atoms with Crippen molar-refractivity contribution in [2.24, 2.45) is 0 Å². The molecule has 0 bridgehead atoms. The molecule has 1 atom stereocenters. The van der Waals surface area contributed by atoms with Crippen LogP contribution in [0.5, 0.6) is 5.75 Å². The van der Waals surface area contributed by atoms with E-state index in [2.05, 4.69) is 10.6 Å². The van der Waals surface area contributed by atoms with Crippen molar-refractivity contribution >= 4 is 29.3 Å². The maximum atomic E-state index is 12.5. The van der Waals surface area contributed by atoms with Gasteiger partial charge in [-0.2, -0.15) is 0 Å². The molecule has 0 spiro atoms. The molecule has 0 aromatic heterocycles. The number of carbonyl (C=O) groups is 3. The highest BCUT2D eigenvalue weighted by Crippen LogP contribution is 2.24. The number of nitrogens with one attached hydrogen (secondary N) is 2. The third-order valence-electron chi connectivity index (χ3n) is 5.55. The van der Waals surface area contributed by atoms with Gasteiger partial charge in [-0.1, -0.05) is 24.3 Å². The van der Waals surface area contributed by atoms with E-state index in [1.54, 1.807) is 55.6 Å². The number of carboxylic acid groups (broad SMARTS) is 1. The Labute approximate surface area is 198 Å². The first-order valence-electron chi connectivity index (χ1n) is 10.6. The van der Waals surface area contributed by atoms with Crippen LogP contribution in [0.15, 0.2) is 66.7 Å². The summed E-state index contributed by atoms with van der Waals surface area (Å²) in [4.78, 5) is 37.1. The fourth-order valence-electron chi connectivity index (χ4n) is 3.28. The average Bonchev–Trinajstić information content (AvgIpc) is 2.84. The molecule has 0 aliphatic heterocycles. The molecule has 0 heterocycles. The van der Waals surface area contributed by atoms with Crippen LogP contribution in [0.25, 0.3) is 11.1 Å². The zero-order valence-corrected chi connectivity index (χ0v) is 19.5. The maximum absolute atomic E-state index is 12.5. The summed E-state index contributed by atoms with van der Waals surface area (Å²) in [6.45, 7) is 3.35. The number of methoxy groups -OCH3 is 1. The van der Waals surface area contributed by atoms with Gasteiger partial charge in [0.25, 0.3) is 5.91 Å². The molecule has 176 valence electrons. The second kappa shape index (κ2) is 10.5. The van der Waals surface area contributed by atoms with Gasteiger partial charge < -0.3 is 25.4 Å². The lowest BCUT2D eigenvalue weighted by Gasteiger charge is -2.21.